The van der Waals surface area contributed by atoms with Crippen LogP contribution >= 0.6 is 0 Å². The number of hydrogen-bond donors (Lipinski definition) is 0. The van der Waals surface area contributed by atoms with Gasteiger partial charge in [-0.15, -0.1) is 0 Å². The van der Waals surface area contributed by atoms with Crippen molar-refractivity contribution in [1.29, 1.82) is 0 Å². The summed E-state index contributed by atoms with van der Waals surface area (Å²) in [5.41, 5.74) is -0.233. The molecule has 1 aliphatic carbocycles. The molecule has 41 heavy (non-hydrogen) atoms. The first-order valence-corrected chi connectivity index (χ1v) is 13.5. The Morgan fingerprint density at radius 3 is 2.49 bits per heavy atom. The highest BCUT2D eigenvalue weighted by Crippen LogP contribution is 2.41. The van der Waals surface area contributed by atoms with Crippen molar-refractivity contribution in [3.8, 4) is 5.75 Å². The number of rotatable bonds is 7. The number of hydrogen-bond acceptors (Lipinski definition) is 6. The molecule has 8 nitrogen and oxygen atoms in total. The van der Waals surface area contributed by atoms with Crippen LogP contribution in [0.3, 0.4) is 0 Å². The number of amides is 1. The van der Waals surface area contributed by atoms with Crippen LogP contribution in [0.25, 0.3) is 10.9 Å². The second-order valence-electron chi connectivity index (χ2n) is 11.5. The zero-order valence-corrected chi connectivity index (χ0v) is 23.2. The molecule has 1 atom stereocenters. The number of fused-ring (bicyclic) bond motifs is 1. The third-order valence-electron chi connectivity index (χ3n) is 6.95. The zero-order chi connectivity index (χ0) is 29.5. The molecule has 216 valence electrons. The minimum Gasteiger partial charge on any atom is -0.486 e. The van der Waals surface area contributed by atoms with Crippen LogP contribution in [0.1, 0.15) is 62.0 Å². The van der Waals surface area contributed by atoms with Gasteiger partial charge in [0.25, 0.3) is 0 Å². The number of carbonyl (C=O) groups excluding carboxylic acids is 2. The Hall–Kier alpha value is -4.21. The summed E-state index contributed by atoms with van der Waals surface area (Å²) in [4.78, 5) is 40.6. The minimum atomic E-state index is -1.29. The van der Waals surface area contributed by atoms with Gasteiger partial charge in [0.05, 0.1) is 16.9 Å². The zero-order valence-electron chi connectivity index (χ0n) is 23.2. The summed E-state index contributed by atoms with van der Waals surface area (Å²) in [7, 11) is 0. The average molecular weight is 567 g/mol. The maximum absolute atomic E-state index is 15.3. The molecular weight excluding hydrogens is 534 g/mol. The fourth-order valence-electron chi connectivity index (χ4n) is 4.89. The molecule has 1 aromatic heterocycles. The van der Waals surface area contributed by atoms with Crippen LogP contribution < -0.4 is 10.2 Å². The van der Waals surface area contributed by atoms with Gasteiger partial charge in [-0.25, -0.2) is 14.0 Å². The molecule has 5 rings (SSSR count). The number of carbonyl (C=O) groups is 2. The maximum Gasteiger partial charge on any atom is 0.410 e. The SMILES string of the molecule is C=C1C[C@H](COc2c(F)c(F)cc3c(=O)c(C(=O)OCc4ccccc4)cn(C4CC4)c23)N(C(=O)OC(C)(C)C)C1. The lowest BCUT2D eigenvalue weighted by Gasteiger charge is -2.28. The van der Waals surface area contributed by atoms with E-state index in [2.05, 4.69) is 6.58 Å². The van der Waals surface area contributed by atoms with E-state index in [0.717, 1.165) is 30.0 Å². The Morgan fingerprint density at radius 1 is 1.12 bits per heavy atom. The number of likely N-dealkylation sites (tertiary alicyclic amines) is 1. The maximum atomic E-state index is 15.3. The number of pyridine rings is 1. The number of halogens is 2. The van der Waals surface area contributed by atoms with Crippen LogP contribution in [-0.4, -0.2) is 46.3 Å². The van der Waals surface area contributed by atoms with Crippen LogP contribution in [0.15, 0.2) is 59.5 Å². The standard InChI is InChI=1S/C31H32F2N2O6/c1-18-12-21(35(14-18)30(38)41-31(2,3)4)17-39-28-25(33)24(32)13-22-26(28)34(20-10-11-20)15-23(27(22)36)29(37)40-16-19-8-6-5-7-9-19/h5-9,13,15,20-21H,1,10-12,14,16-17H2,2-4H3/t21-/m1/s1. The highest BCUT2D eigenvalue weighted by Gasteiger charge is 2.36. The second kappa shape index (κ2) is 11.0. The molecular formula is C31H32F2N2O6. The van der Waals surface area contributed by atoms with E-state index in [1.54, 1.807) is 49.6 Å². The predicted octanol–water partition coefficient (Wildman–Crippen LogP) is 5.92. The van der Waals surface area contributed by atoms with Gasteiger partial charge in [-0.05, 0) is 51.7 Å². The van der Waals surface area contributed by atoms with Gasteiger partial charge in [0.1, 0.15) is 24.4 Å². The molecule has 1 saturated heterocycles. The summed E-state index contributed by atoms with van der Waals surface area (Å²) < 4.78 is 48.5. The van der Waals surface area contributed by atoms with Crippen LogP contribution in [0.2, 0.25) is 0 Å². The molecule has 3 aromatic rings. The summed E-state index contributed by atoms with van der Waals surface area (Å²) in [6, 6.07) is 9.10. The van der Waals surface area contributed by atoms with Crippen LogP contribution in [-0.2, 0) is 16.1 Å². The molecule has 0 bridgehead atoms. The Balaban J connectivity index is 1.48. The third-order valence-corrected chi connectivity index (χ3v) is 6.95. The molecule has 2 aromatic carbocycles. The summed E-state index contributed by atoms with van der Waals surface area (Å²) in [6.07, 6.45) is 2.61. The highest BCUT2D eigenvalue weighted by molar-refractivity contribution is 5.95. The average Bonchev–Trinajstić information content (AvgIpc) is 3.69. The third kappa shape index (κ3) is 6.11. The van der Waals surface area contributed by atoms with Gasteiger partial charge in [-0.1, -0.05) is 42.5 Å². The number of ether oxygens (including phenoxy) is 3. The lowest BCUT2D eigenvalue weighted by molar-refractivity contribution is 0.0189. The van der Waals surface area contributed by atoms with E-state index in [-0.39, 0.29) is 42.3 Å². The number of aromatic nitrogens is 1. The lowest BCUT2D eigenvalue weighted by atomic mass is 10.1. The van der Waals surface area contributed by atoms with Gasteiger partial charge >= 0.3 is 12.1 Å². The molecule has 1 aliphatic heterocycles. The van der Waals surface area contributed by atoms with E-state index in [1.807, 2.05) is 6.07 Å². The highest BCUT2D eigenvalue weighted by atomic mass is 19.2. The predicted molar refractivity (Wildman–Crippen MR) is 148 cm³/mol. The second-order valence-corrected chi connectivity index (χ2v) is 11.5. The first-order chi connectivity index (χ1) is 19.4. The van der Waals surface area contributed by atoms with Gasteiger partial charge < -0.3 is 18.8 Å². The molecule has 1 amide bonds. The van der Waals surface area contributed by atoms with E-state index in [4.69, 9.17) is 14.2 Å². The van der Waals surface area contributed by atoms with Gasteiger partial charge in [0.15, 0.2) is 11.6 Å². The topological polar surface area (TPSA) is 87.1 Å². The number of benzene rings is 2. The fraction of sp³-hybridized carbons (Fsp3) is 0.387. The molecule has 2 fully saturated rings. The van der Waals surface area contributed by atoms with Gasteiger partial charge in [-0.3, -0.25) is 9.69 Å². The monoisotopic (exact) mass is 566 g/mol. The number of nitrogens with zero attached hydrogens (tertiary/aromatic N) is 2. The largest absolute Gasteiger partial charge is 0.486 e. The molecule has 1 saturated carbocycles. The number of esters is 1. The summed E-state index contributed by atoms with van der Waals surface area (Å²) in [6.45, 7) is 9.22. The fourth-order valence-corrected chi connectivity index (χ4v) is 4.89. The normalized spacial score (nSPS) is 17.1. The molecule has 10 heteroatoms. The molecule has 2 aliphatic rings. The van der Waals surface area contributed by atoms with E-state index in [1.165, 1.54) is 11.1 Å². The van der Waals surface area contributed by atoms with Gasteiger partial charge in [-0.2, -0.15) is 4.39 Å². The molecule has 0 unspecified atom stereocenters. The van der Waals surface area contributed by atoms with Crippen molar-refractivity contribution >= 4 is 23.0 Å². The summed E-state index contributed by atoms with van der Waals surface area (Å²) in [5.74, 6) is -3.86. The smallest absolute Gasteiger partial charge is 0.410 e. The first kappa shape index (κ1) is 28.3. The van der Waals surface area contributed by atoms with Crippen LogP contribution in [0.5, 0.6) is 5.75 Å². The van der Waals surface area contributed by atoms with Crippen molar-refractivity contribution in [2.24, 2.45) is 0 Å². The minimum absolute atomic E-state index is 0.0481. The quantitative estimate of drug-likeness (QED) is 0.261. The Bertz CT molecular complexity index is 1570. The summed E-state index contributed by atoms with van der Waals surface area (Å²) in [5, 5.41) is -0.195. The van der Waals surface area contributed by atoms with Crippen LogP contribution in [0.4, 0.5) is 13.6 Å². The molecule has 2 heterocycles. The van der Waals surface area contributed by atoms with Gasteiger partial charge in [0.2, 0.25) is 11.2 Å². The van der Waals surface area contributed by atoms with Crippen molar-refractivity contribution < 1.29 is 32.6 Å². The van der Waals surface area contributed by atoms with E-state index >= 15 is 4.39 Å². The summed E-state index contributed by atoms with van der Waals surface area (Å²) >= 11 is 0. The molecule has 0 N–H and O–H groups in total. The molecule has 0 radical (unpaired) electrons. The van der Waals surface area contributed by atoms with Crippen molar-refractivity contribution in [3.63, 3.8) is 0 Å². The van der Waals surface area contributed by atoms with Crippen molar-refractivity contribution in [2.45, 2.75) is 64.3 Å². The van der Waals surface area contributed by atoms with E-state index in [9.17, 15) is 18.8 Å². The van der Waals surface area contributed by atoms with E-state index < -0.39 is 46.5 Å². The first-order valence-electron chi connectivity index (χ1n) is 13.5. The van der Waals surface area contributed by atoms with Crippen molar-refractivity contribution in [3.05, 3.63) is 87.7 Å². The van der Waals surface area contributed by atoms with E-state index in [0.29, 0.717) is 6.42 Å². The Labute approximate surface area is 236 Å². The lowest BCUT2D eigenvalue weighted by Crippen LogP contribution is -2.42. The Kier molecular flexibility index (Phi) is 7.59. The van der Waals surface area contributed by atoms with Crippen molar-refractivity contribution in [2.75, 3.05) is 13.2 Å². The van der Waals surface area contributed by atoms with Crippen molar-refractivity contribution in [1.82, 2.24) is 9.47 Å². The molecule has 0 spiro atoms. The van der Waals surface area contributed by atoms with Crippen LogP contribution in [0, 0.1) is 11.6 Å². The Morgan fingerprint density at radius 2 is 1.83 bits per heavy atom. The van der Waals surface area contributed by atoms with Gasteiger partial charge in [0, 0.05) is 18.8 Å².